The number of hydrogen-bond donors (Lipinski definition) is 1. The van der Waals surface area contributed by atoms with Crippen molar-refractivity contribution in [2.24, 2.45) is 0 Å². The van der Waals surface area contributed by atoms with Gasteiger partial charge < -0.3 is 0 Å². The van der Waals surface area contributed by atoms with Crippen LogP contribution in [0, 0.1) is 5.82 Å². The van der Waals surface area contributed by atoms with Crippen LogP contribution in [0.25, 0.3) is 0 Å². The van der Waals surface area contributed by atoms with Crippen molar-refractivity contribution in [3.63, 3.8) is 0 Å². The van der Waals surface area contributed by atoms with Crippen molar-refractivity contribution in [3.8, 4) is 0 Å². The van der Waals surface area contributed by atoms with E-state index in [2.05, 4.69) is 4.72 Å². The molecule has 2 aromatic rings. The van der Waals surface area contributed by atoms with E-state index in [4.69, 9.17) is 0 Å². The number of rotatable bonds is 4. The van der Waals surface area contributed by atoms with Crippen LogP contribution in [0.5, 0.6) is 0 Å². The van der Waals surface area contributed by atoms with E-state index < -0.39 is 30.8 Å². The number of nitrogens with zero attached hydrogens (tertiary/aromatic N) is 1. The molecule has 0 unspecified atom stereocenters. The Kier molecular flexibility index (Phi) is 4.46. The molecule has 0 amide bonds. The van der Waals surface area contributed by atoms with Gasteiger partial charge in [0.05, 0.1) is 17.6 Å². The van der Waals surface area contributed by atoms with Crippen LogP contribution in [0.4, 0.5) is 15.8 Å². The van der Waals surface area contributed by atoms with Crippen LogP contribution in [-0.2, 0) is 26.5 Å². The Bertz CT molecular complexity index is 1020. The van der Waals surface area contributed by atoms with E-state index in [-0.39, 0.29) is 6.54 Å². The number of sulfonamides is 2. The van der Waals surface area contributed by atoms with Gasteiger partial charge in [-0.15, -0.1) is 0 Å². The first-order valence-corrected chi connectivity index (χ1v) is 10.9. The smallest absolute Gasteiger partial charge is 0.267 e. The fourth-order valence-corrected chi connectivity index (χ4v) is 5.10. The minimum Gasteiger partial charge on any atom is -0.283 e. The zero-order valence-corrected chi connectivity index (χ0v) is 15.1. The van der Waals surface area contributed by atoms with E-state index in [1.54, 1.807) is 18.2 Å². The molecule has 0 aliphatic carbocycles. The minimum absolute atomic E-state index is 0.200. The Labute approximate surface area is 146 Å². The number of benzene rings is 2. The Hall–Kier alpha value is -2.13. The van der Waals surface area contributed by atoms with Gasteiger partial charge in [-0.05, 0) is 37.1 Å². The number of nitrogens with one attached hydrogen (secondary N) is 1. The van der Waals surface area contributed by atoms with Gasteiger partial charge in [0.15, 0.2) is 0 Å². The van der Waals surface area contributed by atoms with Crippen molar-refractivity contribution in [1.82, 2.24) is 0 Å². The third-order valence-corrected chi connectivity index (χ3v) is 6.35. The van der Waals surface area contributed by atoms with Crippen molar-refractivity contribution >= 4 is 31.4 Å². The first kappa shape index (κ1) is 17.7. The van der Waals surface area contributed by atoms with Crippen molar-refractivity contribution in [3.05, 3.63) is 53.8 Å². The maximum absolute atomic E-state index is 14.0. The first-order valence-electron chi connectivity index (χ1n) is 7.57. The Morgan fingerprint density at radius 2 is 1.76 bits per heavy atom. The maximum atomic E-state index is 14.0. The van der Waals surface area contributed by atoms with Gasteiger partial charge in [0, 0.05) is 12.1 Å². The molecule has 0 aromatic heterocycles. The molecule has 9 heteroatoms. The highest BCUT2D eigenvalue weighted by atomic mass is 32.2. The van der Waals surface area contributed by atoms with Gasteiger partial charge in [-0.25, -0.2) is 21.2 Å². The molecule has 6 nitrogen and oxygen atoms in total. The molecule has 0 spiro atoms. The molecule has 0 fully saturated rings. The monoisotopic (exact) mass is 384 g/mol. The number of hydrogen-bond acceptors (Lipinski definition) is 4. The summed E-state index contributed by atoms with van der Waals surface area (Å²) in [5.74, 6) is -0.819. The summed E-state index contributed by atoms with van der Waals surface area (Å²) in [7, 11) is -7.59. The molecule has 1 heterocycles. The molecule has 1 aliphatic rings. The molecule has 1 aliphatic heterocycles. The summed E-state index contributed by atoms with van der Waals surface area (Å²) in [6, 6.07) is 9.95. The summed E-state index contributed by atoms with van der Waals surface area (Å²) in [4.78, 5) is -0.399. The zero-order valence-electron chi connectivity index (χ0n) is 13.4. The third kappa shape index (κ3) is 3.47. The van der Waals surface area contributed by atoms with Gasteiger partial charge in [0.2, 0.25) is 10.0 Å². The maximum Gasteiger partial charge on any atom is 0.267 e. The lowest BCUT2D eigenvalue weighted by Gasteiger charge is -2.31. The Morgan fingerprint density at radius 3 is 2.44 bits per heavy atom. The van der Waals surface area contributed by atoms with Crippen molar-refractivity contribution < 1.29 is 21.2 Å². The van der Waals surface area contributed by atoms with E-state index in [0.29, 0.717) is 29.8 Å². The van der Waals surface area contributed by atoms with Crippen LogP contribution in [0.2, 0.25) is 0 Å². The van der Waals surface area contributed by atoms with E-state index in [0.717, 1.165) is 16.6 Å². The first-order chi connectivity index (χ1) is 11.7. The quantitative estimate of drug-likeness (QED) is 0.877. The highest BCUT2D eigenvalue weighted by Gasteiger charge is 2.32. The molecule has 1 N–H and O–H groups in total. The van der Waals surface area contributed by atoms with Crippen LogP contribution >= 0.6 is 0 Å². The van der Waals surface area contributed by atoms with Gasteiger partial charge in [0.25, 0.3) is 10.0 Å². The molecule has 0 bridgehead atoms. The molecule has 0 radical (unpaired) electrons. The Balaban J connectivity index is 2.12. The molecular formula is C16H17FN2O4S2. The normalized spacial score (nSPS) is 14.9. The van der Waals surface area contributed by atoms with E-state index in [1.165, 1.54) is 18.2 Å². The van der Waals surface area contributed by atoms with Gasteiger partial charge >= 0.3 is 0 Å². The average molecular weight is 384 g/mol. The summed E-state index contributed by atoms with van der Waals surface area (Å²) in [6.07, 6.45) is 2.06. The second-order valence-corrected chi connectivity index (χ2v) is 9.37. The summed E-state index contributed by atoms with van der Waals surface area (Å²) in [5, 5.41) is 0. The number of anilines is 2. The predicted molar refractivity (Wildman–Crippen MR) is 94.2 cm³/mol. The molecule has 0 saturated heterocycles. The summed E-state index contributed by atoms with van der Waals surface area (Å²) in [6.45, 7) is 0.200. The number of halogens is 1. The Morgan fingerprint density at radius 1 is 1.04 bits per heavy atom. The summed E-state index contributed by atoms with van der Waals surface area (Å²) in [5.41, 5.74) is 1.29. The lowest BCUT2D eigenvalue weighted by molar-refractivity contribution is 0.561. The summed E-state index contributed by atoms with van der Waals surface area (Å²) < 4.78 is 66.5. The molecule has 2 aromatic carbocycles. The van der Waals surface area contributed by atoms with Crippen molar-refractivity contribution in [2.45, 2.75) is 17.7 Å². The van der Waals surface area contributed by atoms with Crippen LogP contribution in [-0.4, -0.2) is 29.6 Å². The van der Waals surface area contributed by atoms with Crippen LogP contribution in [0.3, 0.4) is 0 Å². The zero-order chi connectivity index (χ0) is 18.2. The SMILES string of the molecule is CS(=O)(=O)Nc1cccc2c1CCCN2S(=O)(=O)c1ccccc1F. The van der Waals surface area contributed by atoms with E-state index in [9.17, 15) is 21.2 Å². The van der Waals surface area contributed by atoms with Crippen LogP contribution in [0.1, 0.15) is 12.0 Å². The van der Waals surface area contributed by atoms with Gasteiger partial charge in [-0.2, -0.15) is 0 Å². The molecule has 25 heavy (non-hydrogen) atoms. The fraction of sp³-hybridized carbons (Fsp3) is 0.250. The van der Waals surface area contributed by atoms with Crippen LogP contribution < -0.4 is 9.03 Å². The van der Waals surface area contributed by atoms with Crippen LogP contribution in [0.15, 0.2) is 47.4 Å². The highest BCUT2D eigenvalue weighted by Crippen LogP contribution is 2.36. The molecule has 0 saturated carbocycles. The highest BCUT2D eigenvalue weighted by molar-refractivity contribution is 7.93. The van der Waals surface area contributed by atoms with Crippen molar-refractivity contribution in [2.75, 3.05) is 21.8 Å². The predicted octanol–water partition coefficient (Wildman–Crippen LogP) is 2.34. The molecule has 3 rings (SSSR count). The standard InChI is InChI=1S/C16H17FN2O4S2/c1-24(20,21)18-14-8-4-9-15-12(14)6-5-11-19(15)25(22,23)16-10-3-2-7-13(16)17/h2-4,7-10,18H,5-6,11H2,1H3. The molecular weight excluding hydrogens is 367 g/mol. The fourth-order valence-electron chi connectivity index (χ4n) is 2.91. The third-order valence-electron chi connectivity index (χ3n) is 3.91. The topological polar surface area (TPSA) is 83.6 Å². The summed E-state index contributed by atoms with van der Waals surface area (Å²) >= 11 is 0. The average Bonchev–Trinajstić information content (AvgIpc) is 2.53. The van der Waals surface area contributed by atoms with E-state index >= 15 is 0 Å². The minimum atomic E-state index is -4.09. The van der Waals surface area contributed by atoms with Gasteiger partial charge in [-0.1, -0.05) is 18.2 Å². The lowest BCUT2D eigenvalue weighted by Crippen LogP contribution is -2.36. The lowest BCUT2D eigenvalue weighted by atomic mass is 10.0. The van der Waals surface area contributed by atoms with Gasteiger partial charge in [-0.3, -0.25) is 9.03 Å². The van der Waals surface area contributed by atoms with E-state index in [1.807, 2.05) is 0 Å². The largest absolute Gasteiger partial charge is 0.283 e. The van der Waals surface area contributed by atoms with Crippen molar-refractivity contribution in [1.29, 1.82) is 0 Å². The second-order valence-electron chi connectivity index (χ2n) is 5.79. The van der Waals surface area contributed by atoms with Gasteiger partial charge in [0.1, 0.15) is 10.7 Å². The second kappa shape index (κ2) is 6.30. The number of fused-ring (bicyclic) bond motifs is 1. The molecule has 134 valence electrons. The molecule has 0 atom stereocenters.